The van der Waals surface area contributed by atoms with E-state index in [1.54, 1.807) is 0 Å². The predicted molar refractivity (Wildman–Crippen MR) is 72.1 cm³/mol. The Morgan fingerprint density at radius 3 is 2.30 bits per heavy atom. The smallest absolute Gasteiger partial charge is 0.195 e. The van der Waals surface area contributed by atoms with Gasteiger partial charge >= 0.3 is 0 Å². The zero-order chi connectivity index (χ0) is 15.3. The van der Waals surface area contributed by atoms with Crippen LogP contribution in [-0.2, 0) is 4.43 Å². The number of aliphatic hydroxyl groups excluding tert-OH is 3. The molecule has 20 heavy (non-hydrogen) atoms. The van der Waals surface area contributed by atoms with Gasteiger partial charge < -0.3 is 19.7 Å². The van der Waals surface area contributed by atoms with Gasteiger partial charge in [-0.1, -0.05) is 20.8 Å². The van der Waals surface area contributed by atoms with E-state index in [1.807, 2.05) is 13.1 Å². The van der Waals surface area contributed by atoms with Crippen LogP contribution in [0.2, 0.25) is 18.1 Å². The minimum Gasteiger partial charge on any atom is -0.394 e. The summed E-state index contributed by atoms with van der Waals surface area (Å²) in [5, 5.41) is 40.8. The number of aromatic nitrogens is 4. The predicted octanol–water partition coefficient (Wildman–Crippen LogP) is -0.0377. The molecule has 0 spiro atoms. The molecule has 0 aliphatic carbocycles. The second kappa shape index (κ2) is 4.85. The summed E-state index contributed by atoms with van der Waals surface area (Å²) in [5.74, 6) is 0.103. The van der Waals surface area contributed by atoms with Crippen LogP contribution in [0.25, 0.3) is 0 Å². The van der Waals surface area contributed by atoms with Crippen LogP contribution in [0.1, 0.15) is 38.9 Å². The van der Waals surface area contributed by atoms with Crippen molar-refractivity contribution in [3.8, 4) is 0 Å². The van der Waals surface area contributed by atoms with Gasteiger partial charge in [-0.3, -0.25) is 0 Å². The van der Waals surface area contributed by atoms with Crippen molar-refractivity contribution in [2.24, 2.45) is 0 Å². The molecule has 9 heteroatoms. The number of hydrogen-bond acceptors (Lipinski definition) is 7. The van der Waals surface area contributed by atoms with Crippen LogP contribution in [0.15, 0.2) is 0 Å². The van der Waals surface area contributed by atoms with Gasteiger partial charge in [0.05, 0.1) is 0 Å². The van der Waals surface area contributed by atoms with Crippen LogP contribution in [0, 0.1) is 0 Å². The van der Waals surface area contributed by atoms with E-state index in [4.69, 9.17) is 4.43 Å². The van der Waals surface area contributed by atoms with E-state index < -0.39 is 32.9 Å². The molecule has 3 N–H and O–H groups in total. The minimum absolute atomic E-state index is 0.0676. The summed E-state index contributed by atoms with van der Waals surface area (Å²) in [6.07, 6.45) is -4.86. The molecule has 8 nitrogen and oxygen atoms in total. The highest BCUT2D eigenvalue weighted by Gasteiger charge is 2.48. The molecule has 0 saturated heterocycles. The lowest BCUT2D eigenvalue weighted by molar-refractivity contribution is -0.151. The number of tetrazole rings is 1. The van der Waals surface area contributed by atoms with Gasteiger partial charge in [-0.05, 0) is 28.6 Å². The summed E-state index contributed by atoms with van der Waals surface area (Å²) < 4.78 is 7.35. The van der Waals surface area contributed by atoms with Crippen LogP contribution < -0.4 is 0 Å². The van der Waals surface area contributed by atoms with Gasteiger partial charge in [-0.2, -0.15) is 4.68 Å². The van der Waals surface area contributed by atoms with Crippen LogP contribution in [0.3, 0.4) is 0 Å². The maximum Gasteiger partial charge on any atom is 0.195 e. The van der Waals surface area contributed by atoms with Crippen LogP contribution >= 0.6 is 0 Å². The van der Waals surface area contributed by atoms with Gasteiger partial charge in [-0.15, -0.1) is 5.10 Å². The Kier molecular flexibility index (Phi) is 3.76. The summed E-state index contributed by atoms with van der Waals surface area (Å²) in [6.45, 7) is 10.3. The second-order valence-electron chi connectivity index (χ2n) is 6.68. The van der Waals surface area contributed by atoms with Gasteiger partial charge in [0.1, 0.15) is 18.3 Å². The largest absolute Gasteiger partial charge is 0.394 e. The highest BCUT2D eigenvalue weighted by Crippen LogP contribution is 2.41. The fourth-order valence-electron chi connectivity index (χ4n) is 1.83. The van der Waals surface area contributed by atoms with Crippen LogP contribution in [0.5, 0.6) is 0 Å². The van der Waals surface area contributed by atoms with Crippen molar-refractivity contribution < 1.29 is 19.7 Å². The average Bonchev–Trinajstić information content (AvgIpc) is 2.79. The molecule has 0 amide bonds. The number of hydrogen-bond donors (Lipinski definition) is 3. The second-order valence-corrected chi connectivity index (χ2v) is 11.4. The van der Waals surface area contributed by atoms with Gasteiger partial charge in [0.2, 0.25) is 0 Å². The maximum atomic E-state index is 10.2. The first kappa shape index (κ1) is 15.5. The quantitative estimate of drug-likeness (QED) is 0.657. The van der Waals surface area contributed by atoms with E-state index >= 15 is 0 Å². The molecular formula is C11H22N4O4Si. The first-order valence-corrected chi connectivity index (χ1v) is 9.47. The third kappa shape index (κ3) is 2.39. The molecule has 1 aromatic heterocycles. The summed E-state index contributed by atoms with van der Waals surface area (Å²) in [5.41, 5.74) is 0. The number of fused-ring (bicyclic) bond motifs is 1. The highest BCUT2D eigenvalue weighted by molar-refractivity contribution is 6.74. The summed E-state index contributed by atoms with van der Waals surface area (Å²) >= 11 is 0. The standard InChI is InChI=1S/C11H22N4O4Si/c1-11(2,3)20(4,5)19-10-8(18)6(16)7(17)9-12-13-14-15(9)10/h6-8,10,16-18H,1-5H3/t6-,7-,8+,10-/m1/s1. The number of nitrogens with zero attached hydrogens (tertiary/aromatic N) is 4. The lowest BCUT2D eigenvalue weighted by Crippen LogP contribution is -2.52. The summed E-state index contributed by atoms with van der Waals surface area (Å²) in [6, 6.07) is 0. The molecule has 0 unspecified atom stereocenters. The Labute approximate surface area is 118 Å². The van der Waals surface area contributed by atoms with Crippen molar-refractivity contribution >= 4 is 8.32 Å². The molecule has 0 bridgehead atoms. The van der Waals surface area contributed by atoms with Crippen molar-refractivity contribution in [3.63, 3.8) is 0 Å². The van der Waals surface area contributed by atoms with E-state index in [9.17, 15) is 15.3 Å². The average molecular weight is 302 g/mol. The van der Waals surface area contributed by atoms with Crippen molar-refractivity contribution in [1.82, 2.24) is 20.2 Å². The van der Waals surface area contributed by atoms with Gasteiger partial charge in [-0.25, -0.2) is 0 Å². The van der Waals surface area contributed by atoms with Crippen molar-refractivity contribution in [3.05, 3.63) is 5.82 Å². The highest BCUT2D eigenvalue weighted by atomic mass is 28.4. The molecular weight excluding hydrogens is 280 g/mol. The molecule has 0 fully saturated rings. The number of aliphatic hydroxyl groups is 3. The molecule has 114 valence electrons. The molecule has 1 aliphatic rings. The zero-order valence-electron chi connectivity index (χ0n) is 12.3. The molecule has 0 aromatic carbocycles. The Morgan fingerprint density at radius 1 is 1.15 bits per heavy atom. The maximum absolute atomic E-state index is 10.2. The molecule has 4 atom stereocenters. The number of rotatable bonds is 2. The molecule has 0 radical (unpaired) electrons. The summed E-state index contributed by atoms with van der Waals surface area (Å²) in [7, 11) is -2.20. The fraction of sp³-hybridized carbons (Fsp3) is 0.909. The Morgan fingerprint density at radius 2 is 1.75 bits per heavy atom. The first-order valence-electron chi connectivity index (χ1n) is 6.56. The lowest BCUT2D eigenvalue weighted by atomic mass is 10.0. The van der Waals surface area contributed by atoms with E-state index in [-0.39, 0.29) is 10.9 Å². The van der Waals surface area contributed by atoms with Gasteiger partial charge in [0.25, 0.3) is 0 Å². The van der Waals surface area contributed by atoms with E-state index in [1.165, 1.54) is 4.68 Å². The topological polar surface area (TPSA) is 114 Å². The molecule has 0 saturated carbocycles. The van der Waals surface area contributed by atoms with Gasteiger partial charge in [0.15, 0.2) is 20.4 Å². The van der Waals surface area contributed by atoms with Gasteiger partial charge in [0, 0.05) is 0 Å². The fourth-order valence-corrected chi connectivity index (χ4v) is 3.02. The Bertz CT molecular complexity index is 487. The monoisotopic (exact) mass is 302 g/mol. The van der Waals surface area contributed by atoms with Crippen molar-refractivity contribution in [1.29, 1.82) is 0 Å². The Balaban J connectivity index is 2.35. The van der Waals surface area contributed by atoms with E-state index in [2.05, 4.69) is 36.3 Å². The lowest BCUT2D eigenvalue weighted by Gasteiger charge is -2.43. The first-order chi connectivity index (χ1) is 9.06. The molecule has 1 aliphatic heterocycles. The summed E-state index contributed by atoms with van der Waals surface area (Å²) in [4.78, 5) is 0. The third-order valence-electron chi connectivity index (χ3n) is 4.21. The van der Waals surface area contributed by atoms with Crippen molar-refractivity contribution in [2.75, 3.05) is 0 Å². The van der Waals surface area contributed by atoms with E-state index in [0.29, 0.717) is 0 Å². The molecule has 1 aromatic rings. The van der Waals surface area contributed by atoms with E-state index in [0.717, 1.165) is 0 Å². The Hall–Kier alpha value is -0.873. The van der Waals surface area contributed by atoms with Crippen LogP contribution in [-0.4, -0.2) is 56.1 Å². The molecule has 2 heterocycles. The van der Waals surface area contributed by atoms with Crippen molar-refractivity contribution in [2.45, 2.75) is 63.4 Å². The zero-order valence-corrected chi connectivity index (χ0v) is 13.3. The normalized spacial score (nSPS) is 31.2. The molecule has 2 rings (SSSR count). The third-order valence-corrected chi connectivity index (χ3v) is 8.65. The minimum atomic E-state index is -2.20. The van der Waals surface area contributed by atoms with Crippen LogP contribution in [0.4, 0.5) is 0 Å². The SMILES string of the molecule is CC(C)(C)[Si](C)(C)O[C@@H]1[C@@H](O)[C@H](O)[C@@H](O)c2nnnn21.